The molecule has 6 nitrogen and oxygen atoms in total. The third-order valence-electron chi connectivity index (χ3n) is 4.53. The number of guanidine groups is 1. The highest BCUT2D eigenvalue weighted by Gasteiger charge is 2.19. The van der Waals surface area contributed by atoms with Crippen LogP contribution < -0.4 is 10.2 Å². The second-order valence-corrected chi connectivity index (χ2v) is 6.48. The van der Waals surface area contributed by atoms with Crippen LogP contribution in [-0.4, -0.2) is 88.9 Å². The van der Waals surface area contributed by atoms with E-state index < -0.39 is 0 Å². The van der Waals surface area contributed by atoms with Crippen molar-refractivity contribution in [3.8, 4) is 0 Å². The smallest absolute Gasteiger partial charge is 0.194 e. The quantitative estimate of drug-likeness (QED) is 0.342. The first-order valence-electron chi connectivity index (χ1n) is 9.35. The highest BCUT2D eigenvalue weighted by atomic mass is 127. The molecule has 1 aliphatic rings. The lowest BCUT2D eigenvalue weighted by Gasteiger charge is -2.37. The van der Waals surface area contributed by atoms with Gasteiger partial charge >= 0.3 is 0 Å². The van der Waals surface area contributed by atoms with E-state index in [1.807, 2.05) is 12.1 Å². The molecule has 1 aromatic carbocycles. The molecule has 1 heterocycles. The van der Waals surface area contributed by atoms with Gasteiger partial charge in [0, 0.05) is 58.6 Å². The Morgan fingerprint density at radius 2 is 1.85 bits per heavy atom. The Kier molecular flexibility index (Phi) is 11.6. The molecule has 0 bridgehead atoms. The lowest BCUT2D eigenvalue weighted by molar-refractivity contribution is 0.163. The normalized spacial score (nSPS) is 15.1. The number of aliphatic imine (C=N–C) groups is 1. The second kappa shape index (κ2) is 13.1. The Hall–Kier alpha value is -1.13. The lowest BCUT2D eigenvalue weighted by Crippen LogP contribution is -2.52. The lowest BCUT2D eigenvalue weighted by atomic mass is 10.2. The fourth-order valence-corrected chi connectivity index (χ4v) is 2.94. The van der Waals surface area contributed by atoms with Crippen molar-refractivity contribution in [1.29, 1.82) is 0 Å². The van der Waals surface area contributed by atoms with E-state index in [-0.39, 0.29) is 29.8 Å². The Labute approximate surface area is 179 Å². The minimum Gasteiger partial charge on any atom is -0.383 e. The molecule has 1 aromatic rings. The van der Waals surface area contributed by atoms with Crippen LogP contribution in [0.5, 0.6) is 0 Å². The van der Waals surface area contributed by atoms with Crippen LogP contribution in [0.25, 0.3) is 0 Å². The van der Waals surface area contributed by atoms with E-state index >= 15 is 0 Å². The number of anilines is 1. The summed E-state index contributed by atoms with van der Waals surface area (Å²) in [5.41, 5.74) is 1.08. The highest BCUT2D eigenvalue weighted by molar-refractivity contribution is 14.0. The molecule has 0 unspecified atom stereocenters. The molecule has 0 aromatic heterocycles. The predicted octanol–water partition coefficient (Wildman–Crippen LogP) is 2.11. The Balaban J connectivity index is 0.00000364. The number of hydrogen-bond acceptors (Lipinski definition) is 4. The van der Waals surface area contributed by atoms with Crippen molar-refractivity contribution >= 4 is 35.6 Å². The van der Waals surface area contributed by atoms with E-state index in [1.54, 1.807) is 7.11 Å². The van der Waals surface area contributed by atoms with Gasteiger partial charge < -0.3 is 24.8 Å². The molecule has 27 heavy (non-hydrogen) atoms. The van der Waals surface area contributed by atoms with Crippen molar-refractivity contribution < 1.29 is 9.13 Å². The fourth-order valence-electron chi connectivity index (χ4n) is 2.94. The average Bonchev–Trinajstić information content (AvgIpc) is 2.66. The Morgan fingerprint density at radius 1 is 1.19 bits per heavy atom. The van der Waals surface area contributed by atoms with E-state index in [2.05, 4.69) is 34.0 Å². The van der Waals surface area contributed by atoms with Crippen LogP contribution in [0.3, 0.4) is 0 Å². The van der Waals surface area contributed by atoms with E-state index in [0.29, 0.717) is 0 Å². The summed E-state index contributed by atoms with van der Waals surface area (Å²) in [5, 5.41) is 3.40. The molecular weight excluding hydrogens is 460 g/mol. The zero-order valence-electron chi connectivity index (χ0n) is 16.7. The molecule has 0 amide bonds. The van der Waals surface area contributed by atoms with Crippen LogP contribution in [0, 0.1) is 5.82 Å². The minimum absolute atomic E-state index is 0. The zero-order chi connectivity index (χ0) is 18.8. The monoisotopic (exact) mass is 493 g/mol. The van der Waals surface area contributed by atoms with Crippen molar-refractivity contribution in [2.24, 2.45) is 4.99 Å². The standard InChI is InChI=1S/C19H32FN5O.HI/c1-4-21-19(22-9-10-23(2)15-16-26-3)25-13-11-24(12-14-25)18-7-5-17(20)6-8-18;/h5-8H,4,9-16H2,1-3H3,(H,21,22);1H. The van der Waals surface area contributed by atoms with Gasteiger partial charge in [-0.25, -0.2) is 4.39 Å². The molecule has 0 atom stereocenters. The number of rotatable bonds is 8. The van der Waals surface area contributed by atoms with Gasteiger partial charge in [-0.1, -0.05) is 0 Å². The number of likely N-dealkylation sites (N-methyl/N-ethyl adjacent to an activating group) is 1. The number of piperazine rings is 1. The molecule has 0 radical (unpaired) electrons. The van der Waals surface area contributed by atoms with Crippen LogP contribution in [0.2, 0.25) is 0 Å². The summed E-state index contributed by atoms with van der Waals surface area (Å²) in [4.78, 5) is 11.6. The predicted molar refractivity (Wildman–Crippen MR) is 121 cm³/mol. The van der Waals surface area contributed by atoms with Gasteiger partial charge in [-0.15, -0.1) is 24.0 Å². The van der Waals surface area contributed by atoms with Gasteiger partial charge in [0.15, 0.2) is 5.96 Å². The summed E-state index contributed by atoms with van der Waals surface area (Å²) in [5.74, 6) is 0.788. The Morgan fingerprint density at radius 3 is 2.44 bits per heavy atom. The van der Waals surface area contributed by atoms with Gasteiger partial charge in [-0.2, -0.15) is 0 Å². The number of hydrogen-bond donors (Lipinski definition) is 1. The summed E-state index contributed by atoms with van der Waals surface area (Å²) in [6.45, 7) is 9.91. The molecule has 8 heteroatoms. The van der Waals surface area contributed by atoms with E-state index in [9.17, 15) is 4.39 Å². The van der Waals surface area contributed by atoms with Crippen LogP contribution in [-0.2, 0) is 4.74 Å². The maximum Gasteiger partial charge on any atom is 0.194 e. The molecule has 2 rings (SSSR count). The minimum atomic E-state index is -0.190. The fraction of sp³-hybridized carbons (Fsp3) is 0.632. The number of methoxy groups -OCH3 is 1. The third kappa shape index (κ3) is 8.18. The molecule has 1 aliphatic heterocycles. The first-order chi connectivity index (χ1) is 12.6. The summed E-state index contributed by atoms with van der Waals surface area (Å²) >= 11 is 0. The topological polar surface area (TPSA) is 43.3 Å². The third-order valence-corrected chi connectivity index (χ3v) is 4.53. The molecule has 154 valence electrons. The van der Waals surface area contributed by atoms with Gasteiger partial charge in [0.2, 0.25) is 0 Å². The molecule has 0 saturated carbocycles. The van der Waals surface area contributed by atoms with Gasteiger partial charge in [0.25, 0.3) is 0 Å². The molecular formula is C19H33FIN5O. The molecule has 1 N–H and O–H groups in total. The van der Waals surface area contributed by atoms with Gasteiger partial charge in [-0.05, 0) is 38.2 Å². The second-order valence-electron chi connectivity index (χ2n) is 6.48. The largest absolute Gasteiger partial charge is 0.383 e. The average molecular weight is 493 g/mol. The zero-order valence-corrected chi connectivity index (χ0v) is 19.0. The van der Waals surface area contributed by atoms with E-state index in [4.69, 9.17) is 9.73 Å². The first-order valence-corrected chi connectivity index (χ1v) is 9.35. The number of nitrogens with zero attached hydrogens (tertiary/aromatic N) is 4. The van der Waals surface area contributed by atoms with Crippen LogP contribution in [0.15, 0.2) is 29.3 Å². The number of nitrogens with one attached hydrogen (secondary N) is 1. The molecule has 0 spiro atoms. The Bertz CT molecular complexity index is 550. The van der Waals surface area contributed by atoms with Gasteiger partial charge in [-0.3, -0.25) is 4.99 Å². The highest BCUT2D eigenvalue weighted by Crippen LogP contribution is 2.16. The van der Waals surface area contributed by atoms with Crippen LogP contribution in [0.4, 0.5) is 10.1 Å². The molecule has 1 fully saturated rings. The van der Waals surface area contributed by atoms with Crippen molar-refractivity contribution in [3.05, 3.63) is 30.1 Å². The van der Waals surface area contributed by atoms with Gasteiger partial charge in [0.1, 0.15) is 5.82 Å². The van der Waals surface area contributed by atoms with Crippen molar-refractivity contribution in [3.63, 3.8) is 0 Å². The SMILES string of the molecule is CCNC(=NCCN(C)CCOC)N1CCN(c2ccc(F)cc2)CC1.I. The van der Waals surface area contributed by atoms with Crippen molar-refractivity contribution in [2.75, 3.05) is 78.0 Å². The summed E-state index contributed by atoms with van der Waals surface area (Å²) in [7, 11) is 3.81. The van der Waals surface area contributed by atoms with Crippen molar-refractivity contribution in [1.82, 2.24) is 15.1 Å². The van der Waals surface area contributed by atoms with Crippen LogP contribution in [0.1, 0.15) is 6.92 Å². The number of ether oxygens (including phenoxy) is 1. The molecule has 1 saturated heterocycles. The van der Waals surface area contributed by atoms with E-state index in [0.717, 1.165) is 70.6 Å². The molecule has 0 aliphatic carbocycles. The maximum absolute atomic E-state index is 13.1. The summed E-state index contributed by atoms with van der Waals surface area (Å²) in [6, 6.07) is 6.74. The summed E-state index contributed by atoms with van der Waals surface area (Å²) in [6.07, 6.45) is 0. The van der Waals surface area contributed by atoms with E-state index in [1.165, 1.54) is 12.1 Å². The number of benzene rings is 1. The van der Waals surface area contributed by atoms with Crippen molar-refractivity contribution in [2.45, 2.75) is 6.92 Å². The van der Waals surface area contributed by atoms with Gasteiger partial charge in [0.05, 0.1) is 13.2 Å². The van der Waals surface area contributed by atoms with Crippen LogP contribution >= 0.6 is 24.0 Å². The summed E-state index contributed by atoms with van der Waals surface area (Å²) < 4.78 is 18.2. The maximum atomic E-state index is 13.1. The number of halogens is 2. The first kappa shape index (κ1) is 23.9.